The van der Waals surface area contributed by atoms with E-state index in [4.69, 9.17) is 19.9 Å². The number of halogens is 2. The smallest absolute Gasteiger partial charge is 0.150 e. The summed E-state index contributed by atoms with van der Waals surface area (Å²) in [5.74, 6) is 1.23. The van der Waals surface area contributed by atoms with E-state index >= 15 is 0 Å². The highest BCUT2D eigenvalue weighted by Crippen LogP contribution is 2.32. The SMILES string of the molecule is CC(C)Oc1ccc(Oc2ccc(OCc3cc(F)ccc3F)cc2)c(N)c1. The molecule has 0 saturated carbocycles. The van der Waals surface area contributed by atoms with Crippen molar-refractivity contribution in [2.75, 3.05) is 5.73 Å². The predicted octanol–water partition coefficient (Wildman–Crippen LogP) is 5.71. The maximum atomic E-state index is 13.6. The maximum Gasteiger partial charge on any atom is 0.150 e. The summed E-state index contributed by atoms with van der Waals surface area (Å²) in [7, 11) is 0. The summed E-state index contributed by atoms with van der Waals surface area (Å²) in [5.41, 5.74) is 6.63. The van der Waals surface area contributed by atoms with Gasteiger partial charge < -0.3 is 19.9 Å². The molecule has 3 aromatic rings. The highest BCUT2D eigenvalue weighted by Gasteiger charge is 2.07. The lowest BCUT2D eigenvalue weighted by Crippen LogP contribution is -2.05. The third-order valence-corrected chi connectivity index (χ3v) is 3.81. The second kappa shape index (κ2) is 8.61. The summed E-state index contributed by atoms with van der Waals surface area (Å²) in [6, 6.07) is 15.3. The van der Waals surface area contributed by atoms with Gasteiger partial charge in [-0.1, -0.05) is 0 Å². The Kier molecular flexibility index (Phi) is 5.99. The first-order valence-corrected chi connectivity index (χ1v) is 8.81. The molecule has 2 N–H and O–H groups in total. The third kappa shape index (κ3) is 5.13. The lowest BCUT2D eigenvalue weighted by atomic mass is 10.2. The molecule has 0 spiro atoms. The minimum atomic E-state index is -0.512. The van der Waals surface area contributed by atoms with E-state index in [2.05, 4.69) is 0 Å². The normalized spacial score (nSPS) is 10.8. The van der Waals surface area contributed by atoms with Gasteiger partial charge in [-0.25, -0.2) is 8.78 Å². The Morgan fingerprint density at radius 2 is 1.54 bits per heavy atom. The van der Waals surface area contributed by atoms with Crippen molar-refractivity contribution in [3.63, 3.8) is 0 Å². The number of anilines is 1. The number of benzene rings is 3. The Hall–Kier alpha value is -3.28. The minimum Gasteiger partial charge on any atom is -0.491 e. The average molecular weight is 385 g/mol. The fourth-order valence-corrected chi connectivity index (χ4v) is 2.51. The van der Waals surface area contributed by atoms with Gasteiger partial charge in [0.05, 0.1) is 11.8 Å². The van der Waals surface area contributed by atoms with Crippen molar-refractivity contribution in [2.45, 2.75) is 26.6 Å². The Bertz CT molecular complexity index is 943. The first-order chi connectivity index (χ1) is 13.4. The van der Waals surface area contributed by atoms with E-state index in [1.807, 2.05) is 13.8 Å². The third-order valence-electron chi connectivity index (χ3n) is 3.81. The lowest BCUT2D eigenvalue weighted by Gasteiger charge is -2.13. The number of ether oxygens (including phenoxy) is 3. The fraction of sp³-hybridized carbons (Fsp3) is 0.182. The molecule has 0 aromatic heterocycles. The second-order valence-electron chi connectivity index (χ2n) is 6.46. The van der Waals surface area contributed by atoms with Crippen LogP contribution in [0.3, 0.4) is 0 Å². The van der Waals surface area contributed by atoms with Gasteiger partial charge in [0.25, 0.3) is 0 Å². The molecular formula is C22H21F2NO3. The molecule has 3 rings (SSSR count). The Labute approximate surface area is 162 Å². The quantitative estimate of drug-likeness (QED) is 0.530. The van der Waals surface area contributed by atoms with Crippen molar-refractivity contribution in [2.24, 2.45) is 0 Å². The summed E-state index contributed by atoms with van der Waals surface area (Å²) < 4.78 is 43.7. The fourth-order valence-electron chi connectivity index (χ4n) is 2.51. The Morgan fingerprint density at radius 1 is 0.857 bits per heavy atom. The van der Waals surface area contributed by atoms with E-state index in [0.29, 0.717) is 28.7 Å². The van der Waals surface area contributed by atoms with E-state index in [-0.39, 0.29) is 18.3 Å². The van der Waals surface area contributed by atoms with Gasteiger partial charge in [0.1, 0.15) is 35.5 Å². The van der Waals surface area contributed by atoms with Gasteiger partial charge in [0.2, 0.25) is 0 Å². The van der Waals surface area contributed by atoms with Crippen LogP contribution in [0.5, 0.6) is 23.0 Å². The highest BCUT2D eigenvalue weighted by atomic mass is 19.1. The van der Waals surface area contributed by atoms with Gasteiger partial charge in [-0.05, 0) is 68.4 Å². The lowest BCUT2D eigenvalue weighted by molar-refractivity contribution is 0.242. The van der Waals surface area contributed by atoms with E-state index in [0.717, 1.165) is 18.2 Å². The zero-order valence-electron chi connectivity index (χ0n) is 15.6. The number of rotatable bonds is 7. The highest BCUT2D eigenvalue weighted by molar-refractivity contribution is 5.57. The van der Waals surface area contributed by atoms with Crippen LogP contribution in [0.15, 0.2) is 60.7 Å². The van der Waals surface area contributed by atoms with Gasteiger partial charge in [-0.2, -0.15) is 0 Å². The number of hydrogen-bond acceptors (Lipinski definition) is 4. The van der Waals surface area contributed by atoms with Gasteiger partial charge in [0, 0.05) is 11.6 Å². The standard InChI is InChI=1S/C22H21F2NO3/c1-14(2)27-19-8-10-22(21(25)12-19)28-18-6-4-17(5-7-18)26-13-15-11-16(23)3-9-20(15)24/h3-12,14H,13,25H2,1-2H3. The molecule has 6 heteroatoms. The molecule has 0 aliphatic heterocycles. The van der Waals surface area contributed by atoms with Crippen LogP contribution in [0.4, 0.5) is 14.5 Å². The van der Waals surface area contributed by atoms with Gasteiger partial charge in [0.15, 0.2) is 5.75 Å². The molecule has 0 fully saturated rings. The molecule has 28 heavy (non-hydrogen) atoms. The van der Waals surface area contributed by atoms with Crippen LogP contribution < -0.4 is 19.9 Å². The molecule has 0 bridgehead atoms. The van der Waals surface area contributed by atoms with Crippen LogP contribution in [-0.2, 0) is 6.61 Å². The van der Waals surface area contributed by atoms with Gasteiger partial charge in [-0.3, -0.25) is 0 Å². The van der Waals surface area contributed by atoms with Gasteiger partial charge in [-0.15, -0.1) is 0 Å². The van der Waals surface area contributed by atoms with Crippen LogP contribution >= 0.6 is 0 Å². The van der Waals surface area contributed by atoms with E-state index in [1.54, 1.807) is 42.5 Å². The summed E-state index contributed by atoms with van der Waals surface area (Å²) in [6.45, 7) is 3.80. The van der Waals surface area contributed by atoms with Crippen LogP contribution in [-0.4, -0.2) is 6.10 Å². The summed E-state index contributed by atoms with van der Waals surface area (Å²) in [5, 5.41) is 0. The van der Waals surface area contributed by atoms with Crippen LogP contribution in [0.1, 0.15) is 19.4 Å². The molecule has 0 saturated heterocycles. The van der Waals surface area contributed by atoms with Crippen molar-refractivity contribution >= 4 is 5.69 Å². The molecule has 146 valence electrons. The molecular weight excluding hydrogens is 364 g/mol. The van der Waals surface area contributed by atoms with Crippen molar-refractivity contribution < 1.29 is 23.0 Å². The molecule has 0 amide bonds. The van der Waals surface area contributed by atoms with Crippen molar-refractivity contribution in [1.29, 1.82) is 0 Å². The van der Waals surface area contributed by atoms with E-state index < -0.39 is 11.6 Å². The van der Waals surface area contributed by atoms with E-state index in [1.165, 1.54) is 0 Å². The molecule has 4 nitrogen and oxygen atoms in total. The van der Waals surface area contributed by atoms with E-state index in [9.17, 15) is 8.78 Å². The molecule has 0 atom stereocenters. The topological polar surface area (TPSA) is 53.7 Å². The number of nitrogen functional groups attached to an aromatic ring is 1. The Balaban J connectivity index is 1.62. The zero-order valence-corrected chi connectivity index (χ0v) is 15.6. The van der Waals surface area contributed by atoms with Crippen LogP contribution in [0, 0.1) is 11.6 Å². The number of nitrogens with two attached hydrogens (primary N) is 1. The summed E-state index contributed by atoms with van der Waals surface area (Å²) >= 11 is 0. The second-order valence-corrected chi connectivity index (χ2v) is 6.46. The van der Waals surface area contributed by atoms with Crippen molar-refractivity contribution in [1.82, 2.24) is 0 Å². The zero-order chi connectivity index (χ0) is 20.1. The molecule has 0 aliphatic carbocycles. The molecule has 3 aromatic carbocycles. The molecule has 0 unspecified atom stereocenters. The molecule has 0 radical (unpaired) electrons. The average Bonchev–Trinajstić information content (AvgIpc) is 2.65. The number of hydrogen-bond donors (Lipinski definition) is 1. The predicted molar refractivity (Wildman–Crippen MR) is 104 cm³/mol. The van der Waals surface area contributed by atoms with Crippen LogP contribution in [0.2, 0.25) is 0 Å². The molecule has 0 heterocycles. The monoisotopic (exact) mass is 385 g/mol. The van der Waals surface area contributed by atoms with Crippen LogP contribution in [0.25, 0.3) is 0 Å². The summed E-state index contributed by atoms with van der Waals surface area (Å²) in [4.78, 5) is 0. The largest absolute Gasteiger partial charge is 0.491 e. The maximum absolute atomic E-state index is 13.6. The van der Waals surface area contributed by atoms with Gasteiger partial charge >= 0.3 is 0 Å². The molecule has 0 aliphatic rings. The minimum absolute atomic E-state index is 0.0552. The first kappa shape index (κ1) is 19.5. The Morgan fingerprint density at radius 3 is 2.21 bits per heavy atom. The van der Waals surface area contributed by atoms with Crippen molar-refractivity contribution in [3.05, 3.63) is 77.9 Å². The summed E-state index contributed by atoms with van der Waals surface area (Å²) in [6.07, 6.45) is 0.0552. The first-order valence-electron chi connectivity index (χ1n) is 8.81. The van der Waals surface area contributed by atoms with Crippen molar-refractivity contribution in [3.8, 4) is 23.0 Å².